The molecule has 0 aliphatic rings. The zero-order valence-corrected chi connectivity index (χ0v) is 17.1. The predicted molar refractivity (Wildman–Crippen MR) is 109 cm³/mol. The standard InChI is InChI=1S/C19H20N4O3S2/c1-12-21-16(11-27-12)18-22-14(10-28-18)9-20-17(24)15(23-19(25)26-2)8-13-6-4-3-5-7-13/h3-7,10-11,15H,8-9H2,1-2H3,(H,20,24)(H,23,25)/t15-/m0/s1. The molecule has 146 valence electrons. The molecular formula is C19H20N4O3S2. The Labute approximate surface area is 170 Å². The maximum atomic E-state index is 12.6. The molecule has 0 radical (unpaired) electrons. The minimum atomic E-state index is -0.742. The number of alkyl carbamates (subject to hydrolysis) is 1. The Morgan fingerprint density at radius 1 is 1.14 bits per heavy atom. The Kier molecular flexibility index (Phi) is 6.72. The van der Waals surface area contributed by atoms with Crippen LogP contribution in [0, 0.1) is 6.92 Å². The van der Waals surface area contributed by atoms with Crippen LogP contribution in [0.15, 0.2) is 41.1 Å². The van der Waals surface area contributed by atoms with Crippen LogP contribution in [-0.4, -0.2) is 35.1 Å². The Morgan fingerprint density at radius 2 is 1.93 bits per heavy atom. The van der Waals surface area contributed by atoms with Gasteiger partial charge in [-0.1, -0.05) is 30.3 Å². The van der Waals surface area contributed by atoms with E-state index in [1.165, 1.54) is 18.4 Å². The number of carbonyl (C=O) groups is 2. The third kappa shape index (κ3) is 5.37. The van der Waals surface area contributed by atoms with Gasteiger partial charge in [-0.15, -0.1) is 22.7 Å². The molecule has 9 heteroatoms. The van der Waals surface area contributed by atoms with Gasteiger partial charge in [0, 0.05) is 17.2 Å². The highest BCUT2D eigenvalue weighted by Crippen LogP contribution is 2.25. The number of aromatic nitrogens is 2. The second kappa shape index (κ2) is 9.43. The number of nitrogens with zero attached hydrogens (tertiary/aromatic N) is 2. The van der Waals surface area contributed by atoms with Crippen LogP contribution in [0.1, 0.15) is 16.3 Å². The molecule has 0 fully saturated rings. The SMILES string of the molecule is COC(=O)N[C@@H](Cc1ccccc1)C(=O)NCc1csc(-c2csc(C)n2)n1. The fourth-order valence-corrected chi connectivity index (χ4v) is 3.98. The summed E-state index contributed by atoms with van der Waals surface area (Å²) in [4.78, 5) is 33.2. The van der Waals surface area contributed by atoms with Crippen LogP contribution in [0.25, 0.3) is 10.7 Å². The van der Waals surface area contributed by atoms with Crippen molar-refractivity contribution in [3.63, 3.8) is 0 Å². The molecule has 2 amide bonds. The molecule has 3 aromatic rings. The highest BCUT2D eigenvalue weighted by molar-refractivity contribution is 7.14. The zero-order valence-electron chi connectivity index (χ0n) is 15.5. The number of carbonyl (C=O) groups excluding carboxylic acids is 2. The Morgan fingerprint density at radius 3 is 2.61 bits per heavy atom. The van der Waals surface area contributed by atoms with E-state index in [4.69, 9.17) is 0 Å². The van der Waals surface area contributed by atoms with Gasteiger partial charge in [0.15, 0.2) is 0 Å². The lowest BCUT2D eigenvalue weighted by Gasteiger charge is -2.17. The fourth-order valence-electron chi connectivity index (χ4n) is 2.53. The number of rotatable bonds is 7. The molecule has 0 spiro atoms. The molecule has 1 atom stereocenters. The summed E-state index contributed by atoms with van der Waals surface area (Å²) in [6.07, 6.45) is -0.284. The lowest BCUT2D eigenvalue weighted by Crippen LogP contribution is -2.47. The van der Waals surface area contributed by atoms with Crippen LogP contribution in [-0.2, 0) is 22.5 Å². The number of nitrogens with one attached hydrogen (secondary N) is 2. The van der Waals surface area contributed by atoms with E-state index in [0.29, 0.717) is 6.42 Å². The second-order valence-corrected chi connectivity index (χ2v) is 7.91. The quantitative estimate of drug-likeness (QED) is 0.617. The number of ether oxygens (including phenoxy) is 1. The second-order valence-electron chi connectivity index (χ2n) is 5.99. The topological polar surface area (TPSA) is 93.2 Å². The van der Waals surface area contributed by atoms with Crippen molar-refractivity contribution in [3.05, 3.63) is 57.4 Å². The van der Waals surface area contributed by atoms with Crippen molar-refractivity contribution in [1.29, 1.82) is 0 Å². The normalized spacial score (nSPS) is 11.6. The van der Waals surface area contributed by atoms with Gasteiger partial charge in [0.05, 0.1) is 24.4 Å². The first-order valence-corrected chi connectivity index (χ1v) is 10.3. The summed E-state index contributed by atoms with van der Waals surface area (Å²) in [6, 6.07) is 8.74. The van der Waals surface area contributed by atoms with Gasteiger partial charge in [-0.3, -0.25) is 4.79 Å². The molecule has 0 saturated carbocycles. The Hall–Kier alpha value is -2.78. The maximum absolute atomic E-state index is 12.6. The van der Waals surface area contributed by atoms with Crippen molar-refractivity contribution in [2.45, 2.75) is 25.9 Å². The molecule has 3 rings (SSSR count). The average molecular weight is 417 g/mol. The van der Waals surface area contributed by atoms with Crippen LogP contribution in [0.5, 0.6) is 0 Å². The van der Waals surface area contributed by atoms with Crippen LogP contribution >= 0.6 is 22.7 Å². The monoisotopic (exact) mass is 416 g/mol. The van der Waals surface area contributed by atoms with E-state index in [1.54, 1.807) is 11.3 Å². The van der Waals surface area contributed by atoms with E-state index in [1.807, 2.05) is 48.0 Å². The summed E-state index contributed by atoms with van der Waals surface area (Å²) >= 11 is 3.06. The summed E-state index contributed by atoms with van der Waals surface area (Å²) in [7, 11) is 1.27. The van der Waals surface area contributed by atoms with E-state index in [-0.39, 0.29) is 12.5 Å². The molecule has 0 saturated heterocycles. The maximum Gasteiger partial charge on any atom is 0.407 e. The number of methoxy groups -OCH3 is 1. The minimum Gasteiger partial charge on any atom is -0.453 e. The first-order chi connectivity index (χ1) is 13.5. The molecule has 28 heavy (non-hydrogen) atoms. The van der Waals surface area contributed by atoms with E-state index in [2.05, 4.69) is 25.3 Å². The number of hydrogen-bond donors (Lipinski definition) is 2. The smallest absolute Gasteiger partial charge is 0.407 e. The average Bonchev–Trinajstić information content (AvgIpc) is 3.35. The van der Waals surface area contributed by atoms with Crippen molar-refractivity contribution in [2.75, 3.05) is 7.11 Å². The molecule has 0 aliphatic heterocycles. The number of amides is 2. The molecule has 2 aromatic heterocycles. The molecule has 0 aliphatic carbocycles. The molecular weight excluding hydrogens is 396 g/mol. The molecule has 0 bridgehead atoms. The molecule has 2 N–H and O–H groups in total. The van der Waals surface area contributed by atoms with Crippen LogP contribution in [0.4, 0.5) is 4.79 Å². The number of aryl methyl sites for hydroxylation is 1. The highest BCUT2D eigenvalue weighted by Gasteiger charge is 2.21. The fraction of sp³-hybridized carbons (Fsp3) is 0.263. The van der Waals surface area contributed by atoms with Crippen LogP contribution < -0.4 is 10.6 Å². The molecule has 2 heterocycles. The van der Waals surface area contributed by atoms with Gasteiger partial charge in [0.25, 0.3) is 0 Å². The summed E-state index contributed by atoms with van der Waals surface area (Å²) in [6.45, 7) is 2.22. The summed E-state index contributed by atoms with van der Waals surface area (Å²) < 4.78 is 4.64. The summed E-state index contributed by atoms with van der Waals surface area (Å²) in [5.74, 6) is -0.298. The van der Waals surface area contributed by atoms with E-state index in [0.717, 1.165) is 27.0 Å². The first kappa shape index (κ1) is 20.0. The van der Waals surface area contributed by atoms with Crippen molar-refractivity contribution < 1.29 is 14.3 Å². The van der Waals surface area contributed by atoms with Gasteiger partial charge in [-0.05, 0) is 12.5 Å². The van der Waals surface area contributed by atoms with Crippen molar-refractivity contribution in [2.24, 2.45) is 0 Å². The van der Waals surface area contributed by atoms with Crippen molar-refractivity contribution >= 4 is 34.7 Å². The largest absolute Gasteiger partial charge is 0.453 e. The van der Waals surface area contributed by atoms with Crippen molar-refractivity contribution in [3.8, 4) is 10.7 Å². The van der Waals surface area contributed by atoms with E-state index < -0.39 is 12.1 Å². The number of hydrogen-bond acceptors (Lipinski definition) is 7. The van der Waals surface area contributed by atoms with Gasteiger partial charge in [0.1, 0.15) is 16.7 Å². The first-order valence-electron chi connectivity index (χ1n) is 8.58. The molecule has 1 aromatic carbocycles. The summed E-state index contributed by atoms with van der Waals surface area (Å²) in [5.41, 5.74) is 2.53. The lowest BCUT2D eigenvalue weighted by molar-refractivity contribution is -0.123. The van der Waals surface area contributed by atoms with Crippen LogP contribution in [0.2, 0.25) is 0 Å². The van der Waals surface area contributed by atoms with Crippen LogP contribution in [0.3, 0.4) is 0 Å². The van der Waals surface area contributed by atoms with Gasteiger partial charge >= 0.3 is 6.09 Å². The number of benzene rings is 1. The van der Waals surface area contributed by atoms with Gasteiger partial charge in [-0.25, -0.2) is 14.8 Å². The van der Waals surface area contributed by atoms with Gasteiger partial charge < -0.3 is 15.4 Å². The van der Waals surface area contributed by atoms with E-state index in [9.17, 15) is 9.59 Å². The predicted octanol–water partition coefficient (Wildman–Crippen LogP) is 3.16. The third-order valence-corrected chi connectivity index (χ3v) is 5.60. The lowest BCUT2D eigenvalue weighted by atomic mass is 10.1. The van der Waals surface area contributed by atoms with Crippen molar-refractivity contribution in [1.82, 2.24) is 20.6 Å². The molecule has 7 nitrogen and oxygen atoms in total. The zero-order chi connectivity index (χ0) is 19.9. The van der Waals surface area contributed by atoms with Gasteiger partial charge in [0.2, 0.25) is 5.91 Å². The number of thiazole rings is 2. The van der Waals surface area contributed by atoms with Gasteiger partial charge in [-0.2, -0.15) is 0 Å². The Bertz CT molecular complexity index is 940. The minimum absolute atomic E-state index is 0.270. The summed E-state index contributed by atoms with van der Waals surface area (Å²) in [5, 5.41) is 11.1. The highest BCUT2D eigenvalue weighted by atomic mass is 32.1. The van der Waals surface area contributed by atoms with E-state index >= 15 is 0 Å². The Balaban J connectivity index is 1.62. The third-order valence-electron chi connectivity index (χ3n) is 3.91. The molecule has 0 unspecified atom stereocenters.